The van der Waals surface area contributed by atoms with Crippen molar-refractivity contribution in [3.05, 3.63) is 29.3 Å². The normalized spacial score (nSPS) is 19.7. The van der Waals surface area contributed by atoms with Gasteiger partial charge in [0.1, 0.15) is 12.0 Å². The van der Waals surface area contributed by atoms with Crippen LogP contribution < -0.4 is 21.3 Å². The van der Waals surface area contributed by atoms with Crippen molar-refractivity contribution in [1.29, 1.82) is 0 Å². The van der Waals surface area contributed by atoms with E-state index in [4.69, 9.17) is 14.2 Å². The number of carbonyl (C=O) groups excluding carboxylic acids is 4. The number of hydrogen-bond donors (Lipinski definition) is 5. The molecule has 3 atom stereocenters. The second-order valence-electron chi connectivity index (χ2n) is 9.21. The summed E-state index contributed by atoms with van der Waals surface area (Å²) in [6.07, 6.45) is 3.87. The second-order valence-corrected chi connectivity index (χ2v) is 10.5. The van der Waals surface area contributed by atoms with E-state index in [2.05, 4.69) is 21.3 Å². The van der Waals surface area contributed by atoms with Gasteiger partial charge < -0.3 is 40.6 Å². The predicted molar refractivity (Wildman–Crippen MR) is 145 cm³/mol. The van der Waals surface area contributed by atoms with E-state index < -0.39 is 5.91 Å². The zero-order chi connectivity index (χ0) is 27.9. The Kier molecular flexibility index (Phi) is 13.3. The van der Waals surface area contributed by atoms with Gasteiger partial charge in [-0.25, -0.2) is 4.79 Å². The number of nitrogens with one attached hydrogen (secondary N) is 4. The van der Waals surface area contributed by atoms with Gasteiger partial charge in [0.2, 0.25) is 5.91 Å². The summed E-state index contributed by atoms with van der Waals surface area (Å²) in [6, 6.07) is 4.43. The van der Waals surface area contributed by atoms with Gasteiger partial charge in [0.15, 0.2) is 0 Å². The summed E-state index contributed by atoms with van der Waals surface area (Å²) in [5.41, 5.74) is 0.342. The van der Waals surface area contributed by atoms with Gasteiger partial charge in [-0.3, -0.25) is 14.4 Å². The molecule has 13 heteroatoms. The lowest BCUT2D eigenvalue weighted by molar-refractivity contribution is -0.121. The lowest BCUT2D eigenvalue weighted by Gasteiger charge is -2.16. The van der Waals surface area contributed by atoms with Crippen molar-refractivity contribution in [2.75, 3.05) is 58.5 Å². The summed E-state index contributed by atoms with van der Waals surface area (Å²) < 4.78 is 16.3. The number of aldehydes is 1. The van der Waals surface area contributed by atoms with Crippen LogP contribution in [-0.4, -0.2) is 105 Å². The zero-order valence-corrected chi connectivity index (χ0v) is 22.8. The van der Waals surface area contributed by atoms with Crippen LogP contribution in [0.15, 0.2) is 18.2 Å². The lowest BCUT2D eigenvalue weighted by atomic mass is 10.0. The monoisotopic (exact) mass is 566 g/mol. The number of carbonyl (C=O) groups is 4. The minimum Gasteiger partial charge on any atom is -0.507 e. The van der Waals surface area contributed by atoms with E-state index in [1.54, 1.807) is 0 Å². The van der Waals surface area contributed by atoms with Crippen LogP contribution in [0.4, 0.5) is 4.79 Å². The van der Waals surface area contributed by atoms with E-state index in [0.717, 1.165) is 25.0 Å². The van der Waals surface area contributed by atoms with Crippen molar-refractivity contribution in [2.24, 2.45) is 0 Å². The first-order valence-corrected chi connectivity index (χ1v) is 14.3. The Labute approximate surface area is 232 Å². The van der Waals surface area contributed by atoms with Crippen LogP contribution in [0.25, 0.3) is 0 Å². The van der Waals surface area contributed by atoms with E-state index >= 15 is 0 Å². The number of fused-ring (bicyclic) bond motifs is 1. The number of unbranched alkanes of at least 4 members (excludes halogenated alkanes) is 1. The minimum atomic E-state index is -0.486. The van der Waals surface area contributed by atoms with Gasteiger partial charge in [0.05, 0.1) is 57.3 Å². The molecule has 3 rings (SSSR count). The van der Waals surface area contributed by atoms with E-state index in [1.165, 1.54) is 18.2 Å². The van der Waals surface area contributed by atoms with E-state index in [-0.39, 0.29) is 48.5 Å². The molecule has 0 radical (unpaired) electrons. The lowest BCUT2D eigenvalue weighted by Crippen LogP contribution is -2.36. The average molecular weight is 567 g/mol. The number of aromatic hydroxyl groups is 1. The summed E-state index contributed by atoms with van der Waals surface area (Å²) in [4.78, 5) is 46.3. The number of urea groups is 1. The molecule has 0 aliphatic carbocycles. The predicted octanol–water partition coefficient (Wildman–Crippen LogP) is 0.826. The van der Waals surface area contributed by atoms with Crippen molar-refractivity contribution in [1.82, 2.24) is 21.3 Å². The number of benzene rings is 1. The smallest absolute Gasteiger partial charge is 0.315 e. The van der Waals surface area contributed by atoms with Crippen LogP contribution in [0, 0.1) is 0 Å². The van der Waals surface area contributed by atoms with E-state index in [1.807, 2.05) is 11.8 Å². The third kappa shape index (κ3) is 10.7. The number of rotatable bonds is 19. The molecule has 12 nitrogen and oxygen atoms in total. The molecule has 5 N–H and O–H groups in total. The van der Waals surface area contributed by atoms with Gasteiger partial charge >= 0.3 is 6.03 Å². The van der Waals surface area contributed by atoms with Gasteiger partial charge in [-0.05, 0) is 31.0 Å². The molecule has 1 aromatic carbocycles. The topological polar surface area (TPSA) is 164 Å². The molecule has 1 aromatic rings. The zero-order valence-electron chi connectivity index (χ0n) is 21.9. The number of thioether (sulfide) groups is 1. The van der Waals surface area contributed by atoms with Crippen molar-refractivity contribution >= 4 is 35.9 Å². The van der Waals surface area contributed by atoms with E-state index in [0.29, 0.717) is 63.1 Å². The molecule has 0 bridgehead atoms. The quantitative estimate of drug-likeness (QED) is 0.0927. The number of hydrogen-bond acceptors (Lipinski definition) is 9. The van der Waals surface area contributed by atoms with Crippen molar-refractivity contribution in [3.63, 3.8) is 0 Å². The van der Waals surface area contributed by atoms with Gasteiger partial charge in [-0.1, -0.05) is 6.42 Å². The standard InChI is InChI=1S/C26H38N4O8S/c31-16-18-5-6-21(32)19(15-18)25(34)28-8-10-37-12-14-38-13-11-36-9-7-27-23(33)4-2-1-3-22-24-20(17-39-22)29-26(35)30-24/h5-6,15-16,20,22,24,32H,1-4,7-14,17H2,(H,27,33)(H,28,34)(H2,29,30,35)/t20-,22-,24-/m0/s1. The summed E-state index contributed by atoms with van der Waals surface area (Å²) in [7, 11) is 0. The van der Waals surface area contributed by atoms with Gasteiger partial charge in [-0.15, -0.1) is 0 Å². The molecule has 2 saturated heterocycles. The molecule has 2 fully saturated rings. The average Bonchev–Trinajstić information content (AvgIpc) is 3.48. The highest BCUT2D eigenvalue weighted by atomic mass is 32.2. The molecule has 2 heterocycles. The number of amides is 4. The first-order valence-electron chi connectivity index (χ1n) is 13.2. The Bertz CT molecular complexity index is 966. The van der Waals surface area contributed by atoms with Crippen molar-refractivity contribution in [3.8, 4) is 5.75 Å². The van der Waals surface area contributed by atoms with Crippen molar-refractivity contribution in [2.45, 2.75) is 43.0 Å². The largest absolute Gasteiger partial charge is 0.507 e. The third-order valence-corrected chi connectivity index (χ3v) is 7.84. The summed E-state index contributed by atoms with van der Waals surface area (Å²) in [5.74, 6) is 0.284. The van der Waals surface area contributed by atoms with Crippen molar-refractivity contribution < 1.29 is 38.5 Å². The van der Waals surface area contributed by atoms with Gasteiger partial charge in [-0.2, -0.15) is 11.8 Å². The molecular weight excluding hydrogens is 528 g/mol. The Hall–Kier alpha value is -2.87. The molecule has 2 aliphatic rings. The highest BCUT2D eigenvalue weighted by Crippen LogP contribution is 2.33. The Morgan fingerprint density at radius 2 is 1.69 bits per heavy atom. The molecule has 0 saturated carbocycles. The fourth-order valence-corrected chi connectivity index (χ4v) is 5.85. The maximum Gasteiger partial charge on any atom is 0.315 e. The Morgan fingerprint density at radius 1 is 1.00 bits per heavy atom. The second kappa shape index (κ2) is 17.0. The van der Waals surface area contributed by atoms with Gasteiger partial charge in [0, 0.05) is 36.1 Å². The first kappa shape index (κ1) is 30.7. The van der Waals surface area contributed by atoms with Crippen LogP contribution in [0.1, 0.15) is 46.4 Å². The molecule has 0 spiro atoms. The van der Waals surface area contributed by atoms with E-state index in [9.17, 15) is 24.3 Å². The van der Waals surface area contributed by atoms with Crippen LogP contribution in [0.5, 0.6) is 5.75 Å². The highest BCUT2D eigenvalue weighted by molar-refractivity contribution is 8.00. The van der Waals surface area contributed by atoms with Crippen LogP contribution in [0.2, 0.25) is 0 Å². The summed E-state index contributed by atoms with van der Waals surface area (Å²) in [6.45, 7) is 2.91. The molecule has 2 aliphatic heterocycles. The summed E-state index contributed by atoms with van der Waals surface area (Å²) >= 11 is 1.89. The number of ether oxygens (including phenoxy) is 3. The maximum absolute atomic E-state index is 12.1. The minimum absolute atomic E-state index is 0.0160. The maximum atomic E-state index is 12.1. The van der Waals surface area contributed by atoms with Crippen LogP contribution >= 0.6 is 11.8 Å². The van der Waals surface area contributed by atoms with Gasteiger partial charge in [0.25, 0.3) is 5.91 Å². The SMILES string of the molecule is O=Cc1ccc(O)c(C(=O)NCCOCCOCCOCCNC(=O)CCCC[C@@H]2SC[C@@H]3NC(=O)N[C@@H]32)c1. The number of phenols is 1. The fraction of sp³-hybridized carbons (Fsp3) is 0.615. The fourth-order valence-electron chi connectivity index (χ4n) is 4.31. The molecule has 39 heavy (non-hydrogen) atoms. The summed E-state index contributed by atoms with van der Waals surface area (Å²) in [5, 5.41) is 21.6. The molecule has 0 aromatic heterocycles. The molecule has 216 valence electrons. The van der Waals surface area contributed by atoms with Crippen LogP contribution in [-0.2, 0) is 19.0 Å². The highest BCUT2D eigenvalue weighted by Gasteiger charge is 2.42. The Morgan fingerprint density at radius 3 is 2.41 bits per heavy atom. The first-order chi connectivity index (χ1) is 19.0. The third-order valence-electron chi connectivity index (χ3n) is 6.33. The molecular formula is C26H38N4O8S. The Balaban J connectivity index is 1.06. The molecule has 0 unspecified atom stereocenters. The number of phenolic OH excluding ortho intramolecular Hbond substituents is 1. The molecule has 4 amide bonds. The van der Waals surface area contributed by atoms with Crippen LogP contribution in [0.3, 0.4) is 0 Å².